The Bertz CT molecular complexity index is 1040. The topological polar surface area (TPSA) is 38.8 Å². The maximum Gasteiger partial charge on any atom is 0.215 e. The molecule has 0 unspecified atom stereocenters. The van der Waals surface area contributed by atoms with E-state index in [2.05, 4.69) is 75.1 Å². The number of quaternary nitrogens is 1. The second kappa shape index (κ2) is 7.20. The summed E-state index contributed by atoms with van der Waals surface area (Å²) in [4.78, 5) is 4.94. The second-order valence-corrected chi connectivity index (χ2v) is 7.72. The zero-order valence-corrected chi connectivity index (χ0v) is 15.7. The fraction of sp³-hybridized carbons (Fsp3) is 0.348. The van der Waals surface area contributed by atoms with Crippen molar-refractivity contribution in [3.63, 3.8) is 0 Å². The highest BCUT2D eigenvalue weighted by Crippen LogP contribution is 2.26. The van der Waals surface area contributed by atoms with Gasteiger partial charge in [-0.1, -0.05) is 48.9 Å². The Morgan fingerprint density at radius 1 is 0.926 bits per heavy atom. The van der Waals surface area contributed by atoms with Crippen molar-refractivity contribution in [2.75, 3.05) is 6.54 Å². The summed E-state index contributed by atoms with van der Waals surface area (Å²) >= 11 is 0. The van der Waals surface area contributed by atoms with Gasteiger partial charge in [-0.3, -0.25) is 4.40 Å². The van der Waals surface area contributed by atoms with E-state index >= 15 is 0 Å². The molecule has 0 bridgehead atoms. The molecule has 0 aliphatic heterocycles. The molecule has 0 radical (unpaired) electrons. The van der Waals surface area contributed by atoms with E-state index in [4.69, 9.17) is 4.98 Å². The highest BCUT2D eigenvalue weighted by Gasteiger charge is 2.18. The average molecular weight is 359 g/mol. The quantitative estimate of drug-likeness (QED) is 0.577. The molecule has 1 aliphatic rings. The number of benzene rings is 2. The van der Waals surface area contributed by atoms with Crippen LogP contribution in [0, 0.1) is 0 Å². The lowest BCUT2D eigenvalue weighted by molar-refractivity contribution is -0.692. The van der Waals surface area contributed by atoms with Crippen molar-refractivity contribution in [2.45, 2.75) is 44.7 Å². The lowest BCUT2D eigenvalue weighted by atomic mass is 9.95. The first-order valence-electron chi connectivity index (χ1n) is 10.3. The van der Waals surface area contributed by atoms with Crippen LogP contribution in [0.5, 0.6) is 0 Å². The third-order valence-electron chi connectivity index (χ3n) is 5.93. The van der Waals surface area contributed by atoms with Crippen LogP contribution < -0.4 is 5.32 Å². The lowest BCUT2D eigenvalue weighted by Crippen LogP contribution is -2.90. The molecule has 2 N–H and O–H groups in total. The number of hydrogen-bond donors (Lipinski definition) is 1. The standard InChI is InChI=1S/C23H26N4/c1-3-9-18(10-4-1)22-17-27-21-14-8-7-13-20(21)25-23(27)26(22)16-15-24-19-11-5-2-6-12-19/h1,3-4,7-10,13-14,17,19,24H,2,5-6,11-12,15-16H2/p+1. The number of nitrogens with two attached hydrogens (primary N) is 1. The molecule has 4 nitrogen and oxygen atoms in total. The highest BCUT2D eigenvalue weighted by molar-refractivity contribution is 5.81. The lowest BCUT2D eigenvalue weighted by Gasteiger charge is -2.20. The van der Waals surface area contributed by atoms with E-state index < -0.39 is 0 Å². The molecular weight excluding hydrogens is 332 g/mol. The summed E-state index contributed by atoms with van der Waals surface area (Å²) < 4.78 is 4.65. The van der Waals surface area contributed by atoms with E-state index in [9.17, 15) is 0 Å². The first-order chi connectivity index (χ1) is 13.4. The molecule has 0 spiro atoms. The fourth-order valence-electron chi connectivity index (χ4n) is 4.52. The average Bonchev–Trinajstić information content (AvgIpc) is 3.26. The smallest absolute Gasteiger partial charge is 0.215 e. The van der Waals surface area contributed by atoms with Crippen molar-refractivity contribution in [2.24, 2.45) is 0 Å². The molecule has 138 valence electrons. The molecule has 4 heteroatoms. The molecule has 0 amide bonds. The van der Waals surface area contributed by atoms with Gasteiger partial charge in [-0.15, -0.1) is 0 Å². The van der Waals surface area contributed by atoms with Gasteiger partial charge in [0.15, 0.2) is 0 Å². The summed E-state index contributed by atoms with van der Waals surface area (Å²) in [7, 11) is 0. The second-order valence-electron chi connectivity index (χ2n) is 7.72. The minimum Gasteiger partial charge on any atom is -0.342 e. The van der Waals surface area contributed by atoms with Gasteiger partial charge in [0.2, 0.25) is 5.78 Å². The Morgan fingerprint density at radius 3 is 2.56 bits per heavy atom. The zero-order valence-electron chi connectivity index (χ0n) is 15.7. The van der Waals surface area contributed by atoms with Gasteiger partial charge in [0.05, 0.1) is 35.9 Å². The minimum absolute atomic E-state index is 0.810. The molecule has 0 saturated heterocycles. The molecular formula is C23H27N4+. The molecule has 0 atom stereocenters. The van der Waals surface area contributed by atoms with Gasteiger partial charge in [-0.2, -0.15) is 0 Å². The van der Waals surface area contributed by atoms with Crippen molar-refractivity contribution in [1.82, 2.24) is 14.0 Å². The number of hydrogen-bond acceptors (Lipinski definition) is 1. The monoisotopic (exact) mass is 359 g/mol. The molecule has 1 saturated carbocycles. The Hall–Kier alpha value is -2.59. The van der Waals surface area contributed by atoms with Gasteiger partial charge in [0.25, 0.3) is 0 Å². The third-order valence-corrected chi connectivity index (χ3v) is 5.93. The number of aromatic nitrogens is 3. The predicted molar refractivity (Wildman–Crippen MR) is 110 cm³/mol. The molecule has 27 heavy (non-hydrogen) atoms. The van der Waals surface area contributed by atoms with E-state index in [0.29, 0.717) is 0 Å². The van der Waals surface area contributed by atoms with Crippen LogP contribution in [0.15, 0.2) is 60.8 Å². The molecule has 5 rings (SSSR count). The molecule has 2 aromatic carbocycles. The van der Waals surface area contributed by atoms with E-state index in [-0.39, 0.29) is 0 Å². The van der Waals surface area contributed by atoms with Crippen molar-refractivity contribution in [3.05, 3.63) is 60.8 Å². The largest absolute Gasteiger partial charge is 0.342 e. The number of imidazole rings is 2. The van der Waals surface area contributed by atoms with Gasteiger partial charge in [0.1, 0.15) is 0 Å². The van der Waals surface area contributed by atoms with Crippen molar-refractivity contribution in [1.29, 1.82) is 0 Å². The SMILES string of the molecule is c1ccc(-c2cn3c4ccccc4nc3n2CC[NH2+]C2CCCCC2)cc1. The van der Waals surface area contributed by atoms with Crippen LogP contribution in [-0.4, -0.2) is 26.5 Å². The first kappa shape index (κ1) is 16.6. The van der Waals surface area contributed by atoms with Gasteiger partial charge in [-0.05, 0) is 43.4 Å². The Kier molecular flexibility index (Phi) is 4.42. The summed E-state index contributed by atoms with van der Waals surface area (Å²) in [5.41, 5.74) is 4.75. The maximum absolute atomic E-state index is 4.94. The molecule has 4 aromatic rings. The number of nitrogens with zero attached hydrogens (tertiary/aromatic N) is 3. The highest BCUT2D eigenvalue weighted by atomic mass is 15.2. The van der Waals surface area contributed by atoms with Crippen LogP contribution >= 0.6 is 0 Å². The maximum atomic E-state index is 4.94. The van der Waals surface area contributed by atoms with Crippen molar-refractivity contribution < 1.29 is 5.32 Å². The third kappa shape index (κ3) is 3.15. The van der Waals surface area contributed by atoms with Crippen molar-refractivity contribution >= 4 is 16.8 Å². The molecule has 1 aliphatic carbocycles. The van der Waals surface area contributed by atoms with Gasteiger partial charge in [-0.25, -0.2) is 4.98 Å². The molecule has 2 aromatic heterocycles. The van der Waals surface area contributed by atoms with Crippen LogP contribution in [0.2, 0.25) is 0 Å². The van der Waals surface area contributed by atoms with Crippen LogP contribution in [-0.2, 0) is 6.54 Å². The Balaban J connectivity index is 1.51. The fourth-order valence-corrected chi connectivity index (χ4v) is 4.52. The van der Waals surface area contributed by atoms with Crippen molar-refractivity contribution in [3.8, 4) is 11.3 Å². The van der Waals surface area contributed by atoms with E-state index in [1.54, 1.807) is 0 Å². The normalized spacial score (nSPS) is 15.7. The summed E-state index contributed by atoms with van der Waals surface area (Å²) in [6.07, 6.45) is 9.22. The molecule has 1 fully saturated rings. The summed E-state index contributed by atoms with van der Waals surface area (Å²) in [5.74, 6) is 1.05. The van der Waals surface area contributed by atoms with Gasteiger partial charge in [0, 0.05) is 6.20 Å². The van der Waals surface area contributed by atoms with Crippen LogP contribution in [0.25, 0.3) is 28.1 Å². The first-order valence-corrected chi connectivity index (χ1v) is 10.3. The van der Waals surface area contributed by atoms with E-state index in [0.717, 1.165) is 30.4 Å². The zero-order chi connectivity index (χ0) is 18.1. The van der Waals surface area contributed by atoms with Gasteiger partial charge < -0.3 is 9.88 Å². The number of fused-ring (bicyclic) bond motifs is 3. The van der Waals surface area contributed by atoms with E-state index in [1.165, 1.54) is 48.9 Å². The van der Waals surface area contributed by atoms with E-state index in [1.807, 2.05) is 0 Å². The summed E-state index contributed by atoms with van der Waals surface area (Å²) in [6, 6.07) is 19.9. The number of para-hydroxylation sites is 2. The van der Waals surface area contributed by atoms with Gasteiger partial charge >= 0.3 is 0 Å². The van der Waals surface area contributed by atoms with Crippen LogP contribution in [0.1, 0.15) is 32.1 Å². The number of rotatable bonds is 5. The Labute approximate surface area is 159 Å². The molecule has 2 heterocycles. The summed E-state index contributed by atoms with van der Waals surface area (Å²) in [6.45, 7) is 2.10. The Morgan fingerprint density at radius 2 is 1.70 bits per heavy atom. The van der Waals surface area contributed by atoms with Crippen LogP contribution in [0.4, 0.5) is 0 Å². The summed E-state index contributed by atoms with van der Waals surface area (Å²) in [5, 5.41) is 2.56. The van der Waals surface area contributed by atoms with Crippen LogP contribution in [0.3, 0.4) is 0 Å². The predicted octanol–water partition coefficient (Wildman–Crippen LogP) is 3.85. The minimum atomic E-state index is 0.810.